The maximum Gasteiger partial charge on any atom is 0.374 e. The molecule has 2 N–H and O–H groups in total. The van der Waals surface area contributed by atoms with E-state index in [-0.39, 0.29) is 17.3 Å². The van der Waals surface area contributed by atoms with Gasteiger partial charge in [0.05, 0.1) is 12.7 Å². The molecule has 0 radical (unpaired) electrons. The molecule has 0 bridgehead atoms. The van der Waals surface area contributed by atoms with Gasteiger partial charge in [0.15, 0.2) is 11.5 Å². The zero-order chi connectivity index (χ0) is 13.3. The Balaban J connectivity index is 2.62. The number of aromatic carboxylic acids is 1. The molecule has 0 amide bonds. The topological polar surface area (TPSA) is 92.8 Å². The maximum absolute atomic E-state index is 10.7. The summed E-state index contributed by atoms with van der Waals surface area (Å²) < 4.78 is 9.79. The number of phenols is 1. The first-order valence-corrected chi connectivity index (χ1v) is 5.11. The highest BCUT2D eigenvalue weighted by Crippen LogP contribution is 2.39. The van der Waals surface area contributed by atoms with Crippen molar-refractivity contribution in [3.05, 3.63) is 29.5 Å². The lowest BCUT2D eigenvalue weighted by molar-refractivity contribution is 0.0652. The van der Waals surface area contributed by atoms with Crippen LogP contribution in [0.2, 0.25) is 0 Å². The van der Waals surface area contributed by atoms with Crippen molar-refractivity contribution in [2.45, 2.75) is 6.92 Å². The van der Waals surface area contributed by atoms with Crippen LogP contribution in [0.15, 0.2) is 22.7 Å². The van der Waals surface area contributed by atoms with Gasteiger partial charge in [-0.2, -0.15) is 0 Å². The van der Waals surface area contributed by atoms with Gasteiger partial charge < -0.3 is 19.5 Å². The van der Waals surface area contributed by atoms with E-state index >= 15 is 0 Å². The van der Waals surface area contributed by atoms with Crippen molar-refractivity contribution in [2.75, 3.05) is 7.11 Å². The zero-order valence-electron chi connectivity index (χ0n) is 9.80. The van der Waals surface area contributed by atoms with Crippen LogP contribution in [-0.4, -0.2) is 28.4 Å². The first-order valence-electron chi connectivity index (χ1n) is 5.11. The van der Waals surface area contributed by atoms with Crippen LogP contribution in [0.5, 0.6) is 11.5 Å². The molecule has 18 heavy (non-hydrogen) atoms. The van der Waals surface area contributed by atoms with Crippen LogP contribution in [0.25, 0.3) is 11.3 Å². The van der Waals surface area contributed by atoms with Gasteiger partial charge in [0.2, 0.25) is 5.76 Å². The number of aromatic hydroxyl groups is 1. The molecule has 6 heteroatoms. The average Bonchev–Trinajstić information content (AvgIpc) is 2.81. The Morgan fingerprint density at radius 1 is 1.44 bits per heavy atom. The molecule has 2 rings (SSSR count). The number of methoxy groups -OCH3 is 1. The number of carboxylic acids is 1. The molecular weight excluding hydrogens is 238 g/mol. The number of benzene rings is 1. The lowest BCUT2D eigenvalue weighted by Crippen LogP contribution is -1.93. The Morgan fingerprint density at radius 2 is 2.17 bits per heavy atom. The highest BCUT2D eigenvalue weighted by Gasteiger charge is 2.19. The van der Waals surface area contributed by atoms with E-state index in [9.17, 15) is 9.90 Å². The van der Waals surface area contributed by atoms with E-state index in [0.29, 0.717) is 11.3 Å². The molecule has 1 aromatic heterocycles. The Morgan fingerprint density at radius 3 is 2.72 bits per heavy atom. The lowest BCUT2D eigenvalue weighted by Gasteiger charge is -2.10. The summed E-state index contributed by atoms with van der Waals surface area (Å²) in [5.41, 5.74) is 1.60. The summed E-state index contributed by atoms with van der Waals surface area (Å²) in [6.07, 6.45) is 0. The second kappa shape index (κ2) is 4.40. The van der Waals surface area contributed by atoms with Gasteiger partial charge in [0.25, 0.3) is 0 Å². The van der Waals surface area contributed by atoms with E-state index in [4.69, 9.17) is 9.84 Å². The minimum Gasteiger partial charge on any atom is -0.504 e. The number of carboxylic acid groups (broad SMARTS) is 1. The molecule has 1 heterocycles. The molecule has 0 saturated carbocycles. The number of aromatic nitrogens is 1. The zero-order valence-corrected chi connectivity index (χ0v) is 9.80. The first kappa shape index (κ1) is 12.0. The minimum absolute atomic E-state index is 0.0435. The fourth-order valence-electron chi connectivity index (χ4n) is 1.69. The van der Waals surface area contributed by atoms with E-state index in [0.717, 1.165) is 5.56 Å². The number of hydrogen-bond acceptors (Lipinski definition) is 5. The highest BCUT2D eigenvalue weighted by molar-refractivity contribution is 5.86. The molecule has 2 aromatic rings. The summed E-state index contributed by atoms with van der Waals surface area (Å²) in [6.45, 7) is 1.80. The Labute approximate surface area is 102 Å². The Bertz CT molecular complexity index is 603. The third kappa shape index (κ3) is 1.88. The molecule has 0 saturated heterocycles. The monoisotopic (exact) mass is 249 g/mol. The Kier molecular flexibility index (Phi) is 2.93. The second-order valence-electron chi connectivity index (χ2n) is 3.69. The van der Waals surface area contributed by atoms with Crippen LogP contribution in [0, 0.1) is 6.92 Å². The number of phenolic OH excluding ortho intramolecular Hbond substituents is 1. The summed E-state index contributed by atoms with van der Waals surface area (Å²) >= 11 is 0. The fourth-order valence-corrected chi connectivity index (χ4v) is 1.69. The van der Waals surface area contributed by atoms with E-state index in [1.807, 2.05) is 0 Å². The number of nitrogens with zero attached hydrogens (tertiary/aromatic N) is 1. The first-order chi connectivity index (χ1) is 8.54. The van der Waals surface area contributed by atoms with Gasteiger partial charge in [0, 0.05) is 6.07 Å². The summed E-state index contributed by atoms with van der Waals surface area (Å²) in [5, 5.41) is 22.1. The number of aryl methyl sites for hydroxylation is 1. The minimum atomic E-state index is -1.20. The van der Waals surface area contributed by atoms with Gasteiger partial charge in [-0.15, -0.1) is 0 Å². The molecule has 94 valence electrons. The lowest BCUT2D eigenvalue weighted by atomic mass is 10.0. The molecule has 0 aliphatic heterocycles. The molecule has 6 nitrogen and oxygen atoms in total. The van der Waals surface area contributed by atoms with Gasteiger partial charge in [-0.25, -0.2) is 4.79 Å². The van der Waals surface area contributed by atoms with Crippen molar-refractivity contribution in [1.29, 1.82) is 0 Å². The largest absolute Gasteiger partial charge is 0.504 e. The molecule has 0 spiro atoms. The van der Waals surface area contributed by atoms with Gasteiger partial charge in [-0.1, -0.05) is 11.2 Å². The van der Waals surface area contributed by atoms with Crippen molar-refractivity contribution in [1.82, 2.24) is 5.16 Å². The molecule has 0 fully saturated rings. The Hall–Kier alpha value is -2.50. The third-order valence-corrected chi connectivity index (χ3v) is 2.53. The van der Waals surface area contributed by atoms with E-state index in [2.05, 4.69) is 9.68 Å². The van der Waals surface area contributed by atoms with Crippen molar-refractivity contribution in [3.63, 3.8) is 0 Å². The maximum atomic E-state index is 10.7. The quantitative estimate of drug-likeness (QED) is 0.864. The fraction of sp³-hybridized carbons (Fsp3) is 0.167. The molecular formula is C12H11NO5. The number of rotatable bonds is 3. The predicted molar refractivity (Wildman–Crippen MR) is 61.9 cm³/mol. The molecule has 0 atom stereocenters. The summed E-state index contributed by atoms with van der Waals surface area (Å²) in [4.78, 5) is 10.7. The highest BCUT2D eigenvalue weighted by atomic mass is 16.5. The third-order valence-electron chi connectivity index (χ3n) is 2.53. The van der Waals surface area contributed by atoms with Crippen molar-refractivity contribution in [3.8, 4) is 22.8 Å². The molecule has 0 unspecified atom stereocenters. The van der Waals surface area contributed by atoms with E-state index in [1.54, 1.807) is 13.0 Å². The predicted octanol–water partition coefficient (Wildman–Crippen LogP) is 2.06. The van der Waals surface area contributed by atoms with Crippen LogP contribution < -0.4 is 4.74 Å². The summed E-state index contributed by atoms with van der Waals surface area (Å²) in [5.74, 6) is -1.28. The van der Waals surface area contributed by atoms with Crippen molar-refractivity contribution in [2.24, 2.45) is 0 Å². The second-order valence-corrected chi connectivity index (χ2v) is 3.69. The summed E-state index contributed by atoms with van der Waals surface area (Å²) in [6, 6.07) is 4.46. The standard InChI is InChI=1S/C12H11NO5/c1-6-3-4-8(14)11(17-2)10(6)7-5-9(12(15)16)18-13-7/h3-5,14H,1-2H3,(H,15,16). The number of carbonyl (C=O) groups is 1. The SMILES string of the molecule is COc1c(O)ccc(C)c1-c1cc(C(=O)O)on1. The molecule has 0 aliphatic carbocycles. The van der Waals surface area contributed by atoms with Gasteiger partial charge >= 0.3 is 5.97 Å². The smallest absolute Gasteiger partial charge is 0.374 e. The normalized spacial score (nSPS) is 10.3. The van der Waals surface area contributed by atoms with Crippen molar-refractivity contribution >= 4 is 5.97 Å². The average molecular weight is 249 g/mol. The van der Waals surface area contributed by atoms with Gasteiger partial charge in [-0.05, 0) is 18.6 Å². The number of ether oxygens (including phenoxy) is 1. The molecule has 1 aromatic carbocycles. The van der Waals surface area contributed by atoms with E-state index < -0.39 is 5.97 Å². The van der Waals surface area contributed by atoms with Crippen LogP contribution >= 0.6 is 0 Å². The van der Waals surface area contributed by atoms with Crippen LogP contribution in [-0.2, 0) is 0 Å². The van der Waals surface area contributed by atoms with Crippen LogP contribution in [0.3, 0.4) is 0 Å². The van der Waals surface area contributed by atoms with E-state index in [1.165, 1.54) is 19.2 Å². The molecule has 0 aliphatic rings. The van der Waals surface area contributed by atoms with Gasteiger partial charge in [-0.3, -0.25) is 0 Å². The van der Waals surface area contributed by atoms with Gasteiger partial charge in [0.1, 0.15) is 5.69 Å². The van der Waals surface area contributed by atoms with Crippen molar-refractivity contribution < 1.29 is 24.3 Å². The van der Waals surface area contributed by atoms with Crippen LogP contribution in [0.4, 0.5) is 0 Å². The summed E-state index contributed by atoms with van der Waals surface area (Å²) in [7, 11) is 1.41. The number of hydrogen-bond donors (Lipinski definition) is 2. The van der Waals surface area contributed by atoms with Crippen LogP contribution in [0.1, 0.15) is 16.1 Å².